The summed E-state index contributed by atoms with van der Waals surface area (Å²) in [5.74, 6) is -0.548. The van der Waals surface area contributed by atoms with Crippen LogP contribution in [0.15, 0.2) is 0 Å². The van der Waals surface area contributed by atoms with Crippen LogP contribution in [0.4, 0.5) is 0 Å². The number of rotatable bonds is 6. The second-order valence-corrected chi connectivity index (χ2v) is 7.11. The van der Waals surface area contributed by atoms with E-state index in [9.17, 15) is 9.59 Å². The zero-order chi connectivity index (χ0) is 16.8. The van der Waals surface area contributed by atoms with Crippen molar-refractivity contribution in [2.45, 2.75) is 57.0 Å². The molecule has 0 unspecified atom stereocenters. The first-order chi connectivity index (χ1) is 11.0. The highest BCUT2D eigenvalue weighted by molar-refractivity contribution is 5.78. The predicted molar refractivity (Wildman–Crippen MR) is 89.4 cm³/mol. The number of likely N-dealkylation sites (tertiary alicyclic amines) is 1. The monoisotopic (exact) mass is 325 g/mol. The minimum Gasteiger partial charge on any atom is -0.480 e. The second-order valence-electron chi connectivity index (χ2n) is 7.11. The molecule has 0 spiro atoms. The van der Waals surface area contributed by atoms with Crippen molar-refractivity contribution in [1.29, 1.82) is 0 Å². The van der Waals surface area contributed by atoms with E-state index in [1.165, 1.54) is 19.3 Å². The normalized spacial score (nSPS) is 21.5. The van der Waals surface area contributed by atoms with Gasteiger partial charge in [0.2, 0.25) is 5.91 Å². The van der Waals surface area contributed by atoms with E-state index in [4.69, 9.17) is 5.11 Å². The molecular weight excluding hydrogens is 294 g/mol. The highest BCUT2D eigenvalue weighted by Crippen LogP contribution is 2.22. The Hall–Kier alpha value is -1.14. The van der Waals surface area contributed by atoms with Gasteiger partial charge in [-0.25, -0.2) is 0 Å². The van der Waals surface area contributed by atoms with Gasteiger partial charge in [0.05, 0.1) is 13.1 Å². The van der Waals surface area contributed by atoms with Gasteiger partial charge in [-0.3, -0.25) is 19.4 Å². The molecule has 0 aromatic heterocycles. The third-order valence-electron chi connectivity index (χ3n) is 5.44. The predicted octanol–water partition coefficient (Wildman–Crippen LogP) is 1.26. The Kier molecular flexibility index (Phi) is 6.84. The van der Waals surface area contributed by atoms with Gasteiger partial charge in [0.1, 0.15) is 0 Å². The molecule has 1 amide bonds. The minimum absolute atomic E-state index is 0.0913. The second kappa shape index (κ2) is 8.64. The Morgan fingerprint density at radius 2 is 1.61 bits per heavy atom. The summed E-state index contributed by atoms with van der Waals surface area (Å²) in [6.45, 7) is 2.34. The Morgan fingerprint density at radius 3 is 2.17 bits per heavy atom. The average molecular weight is 325 g/mol. The molecule has 2 rings (SSSR count). The summed E-state index contributed by atoms with van der Waals surface area (Å²) in [5.41, 5.74) is 0. The van der Waals surface area contributed by atoms with Gasteiger partial charge in [0, 0.05) is 32.2 Å². The van der Waals surface area contributed by atoms with Crippen LogP contribution in [-0.2, 0) is 9.59 Å². The van der Waals surface area contributed by atoms with Crippen LogP contribution < -0.4 is 0 Å². The molecule has 2 fully saturated rings. The molecule has 132 valence electrons. The maximum Gasteiger partial charge on any atom is 0.317 e. The number of likely N-dealkylation sites (N-methyl/N-ethyl adjacent to an activating group) is 2. The largest absolute Gasteiger partial charge is 0.480 e. The van der Waals surface area contributed by atoms with Crippen LogP contribution in [0.3, 0.4) is 0 Å². The molecule has 2 aliphatic rings. The minimum atomic E-state index is -0.779. The van der Waals surface area contributed by atoms with Gasteiger partial charge < -0.3 is 10.0 Å². The summed E-state index contributed by atoms with van der Waals surface area (Å²) in [5, 5.41) is 8.87. The molecule has 23 heavy (non-hydrogen) atoms. The summed E-state index contributed by atoms with van der Waals surface area (Å²) in [4.78, 5) is 29.3. The zero-order valence-electron chi connectivity index (χ0n) is 14.5. The third kappa shape index (κ3) is 5.46. The zero-order valence-corrected chi connectivity index (χ0v) is 14.5. The standard InChI is InChI=1S/C17H31N3O3/c1-18(13-17(22)23)14-8-10-20(11-9-14)12-16(21)19(2)15-6-4-3-5-7-15/h14-15H,3-13H2,1-2H3,(H,22,23). The summed E-state index contributed by atoms with van der Waals surface area (Å²) in [7, 11) is 3.82. The number of hydrogen-bond donors (Lipinski definition) is 1. The number of hydrogen-bond acceptors (Lipinski definition) is 4. The van der Waals surface area contributed by atoms with Crippen molar-refractivity contribution in [3.05, 3.63) is 0 Å². The number of carbonyl (C=O) groups excluding carboxylic acids is 1. The van der Waals surface area contributed by atoms with Gasteiger partial charge in [-0.15, -0.1) is 0 Å². The Labute approximate surface area is 139 Å². The lowest BCUT2D eigenvalue weighted by molar-refractivity contribution is -0.138. The van der Waals surface area contributed by atoms with Crippen LogP contribution in [0.2, 0.25) is 0 Å². The van der Waals surface area contributed by atoms with Crippen LogP contribution in [0.1, 0.15) is 44.9 Å². The topological polar surface area (TPSA) is 64.1 Å². The van der Waals surface area contributed by atoms with E-state index in [2.05, 4.69) is 4.90 Å². The molecular formula is C17H31N3O3. The van der Waals surface area contributed by atoms with Gasteiger partial charge in [0.15, 0.2) is 0 Å². The fourth-order valence-corrected chi connectivity index (χ4v) is 3.84. The Bertz CT molecular complexity index is 402. The fraction of sp³-hybridized carbons (Fsp3) is 0.882. The summed E-state index contributed by atoms with van der Waals surface area (Å²) < 4.78 is 0. The van der Waals surface area contributed by atoms with Crippen molar-refractivity contribution < 1.29 is 14.7 Å². The van der Waals surface area contributed by atoms with Gasteiger partial charge in [0.25, 0.3) is 0 Å². The maximum absolute atomic E-state index is 12.5. The number of nitrogens with zero attached hydrogens (tertiary/aromatic N) is 3. The van der Waals surface area contributed by atoms with Crippen molar-refractivity contribution >= 4 is 11.9 Å². The molecule has 0 radical (unpaired) electrons. The van der Waals surface area contributed by atoms with Crippen molar-refractivity contribution in [1.82, 2.24) is 14.7 Å². The lowest BCUT2D eigenvalue weighted by Gasteiger charge is -2.37. The van der Waals surface area contributed by atoms with Crippen LogP contribution in [0.25, 0.3) is 0 Å². The number of aliphatic carboxylic acids is 1. The number of carboxylic acids is 1. The molecule has 6 heteroatoms. The molecule has 1 heterocycles. The molecule has 0 aromatic rings. The van der Waals surface area contributed by atoms with Crippen molar-refractivity contribution in [3.8, 4) is 0 Å². The van der Waals surface area contributed by atoms with E-state index in [0.29, 0.717) is 18.6 Å². The number of carbonyl (C=O) groups is 2. The lowest BCUT2D eigenvalue weighted by atomic mass is 9.94. The SMILES string of the molecule is CN(CC(=O)O)C1CCN(CC(=O)N(C)C2CCCCC2)CC1. The number of carboxylic acid groups (broad SMARTS) is 1. The molecule has 0 bridgehead atoms. The third-order valence-corrected chi connectivity index (χ3v) is 5.44. The molecule has 1 N–H and O–H groups in total. The smallest absolute Gasteiger partial charge is 0.317 e. The molecule has 0 atom stereocenters. The first kappa shape index (κ1) is 18.2. The fourth-order valence-electron chi connectivity index (χ4n) is 3.84. The quantitative estimate of drug-likeness (QED) is 0.796. The van der Waals surface area contributed by atoms with Crippen molar-refractivity contribution in [3.63, 3.8) is 0 Å². The van der Waals surface area contributed by atoms with Crippen LogP contribution in [0.5, 0.6) is 0 Å². The highest BCUT2D eigenvalue weighted by atomic mass is 16.4. The van der Waals surface area contributed by atoms with E-state index in [-0.39, 0.29) is 12.5 Å². The molecule has 1 saturated heterocycles. The molecule has 0 aromatic carbocycles. The number of amides is 1. The van der Waals surface area contributed by atoms with E-state index in [1.54, 1.807) is 0 Å². The van der Waals surface area contributed by atoms with Gasteiger partial charge in [-0.1, -0.05) is 19.3 Å². The van der Waals surface area contributed by atoms with E-state index in [0.717, 1.165) is 38.8 Å². The van der Waals surface area contributed by atoms with Gasteiger partial charge >= 0.3 is 5.97 Å². The molecule has 1 aliphatic heterocycles. The Balaban J connectivity index is 1.72. The first-order valence-corrected chi connectivity index (χ1v) is 8.87. The van der Waals surface area contributed by atoms with Crippen molar-refractivity contribution in [2.75, 3.05) is 40.3 Å². The average Bonchev–Trinajstić information content (AvgIpc) is 2.55. The number of piperidine rings is 1. The molecule has 1 saturated carbocycles. The highest BCUT2D eigenvalue weighted by Gasteiger charge is 2.27. The van der Waals surface area contributed by atoms with Crippen molar-refractivity contribution in [2.24, 2.45) is 0 Å². The molecule has 6 nitrogen and oxygen atoms in total. The first-order valence-electron chi connectivity index (χ1n) is 8.87. The van der Waals surface area contributed by atoms with E-state index >= 15 is 0 Å². The maximum atomic E-state index is 12.5. The Morgan fingerprint density at radius 1 is 1.00 bits per heavy atom. The summed E-state index contributed by atoms with van der Waals surface area (Å²) in [6, 6.07) is 0.740. The van der Waals surface area contributed by atoms with Gasteiger partial charge in [-0.05, 0) is 32.7 Å². The summed E-state index contributed by atoms with van der Waals surface area (Å²) in [6.07, 6.45) is 7.94. The summed E-state index contributed by atoms with van der Waals surface area (Å²) >= 11 is 0. The lowest BCUT2D eigenvalue weighted by Crippen LogP contribution is -2.49. The van der Waals surface area contributed by atoms with E-state index < -0.39 is 5.97 Å². The van der Waals surface area contributed by atoms with E-state index in [1.807, 2.05) is 23.9 Å². The van der Waals surface area contributed by atoms with Crippen LogP contribution in [0, 0.1) is 0 Å². The van der Waals surface area contributed by atoms with Crippen LogP contribution >= 0.6 is 0 Å². The van der Waals surface area contributed by atoms with Gasteiger partial charge in [-0.2, -0.15) is 0 Å². The van der Waals surface area contributed by atoms with Crippen LogP contribution in [-0.4, -0.2) is 84.0 Å². The molecule has 1 aliphatic carbocycles.